The highest BCUT2D eigenvalue weighted by Gasteiger charge is 2.26. The predicted octanol–water partition coefficient (Wildman–Crippen LogP) is 4.51. The van der Waals surface area contributed by atoms with Gasteiger partial charge in [0.25, 0.3) is 15.9 Å². The lowest BCUT2D eigenvalue weighted by molar-refractivity contribution is 0.0322. The molecule has 2 aliphatic rings. The SMILES string of the molecule is CC[C@@H](Oc1ccc(C(=O)NS(=O)(=O)c2ccc(OCCN3CCOCC3)cc2)c(F)c1F)c1ccc(OCC2CC2)cn1. The zero-order valence-electron chi connectivity index (χ0n) is 24.3. The smallest absolute Gasteiger partial charge is 0.268 e. The van der Waals surface area contributed by atoms with Gasteiger partial charge in [0.2, 0.25) is 5.82 Å². The van der Waals surface area contributed by atoms with E-state index >= 15 is 4.39 Å². The molecule has 1 saturated carbocycles. The Hall–Kier alpha value is -3.81. The molecule has 0 spiro atoms. The van der Waals surface area contributed by atoms with Crippen LogP contribution in [-0.2, 0) is 14.8 Å². The van der Waals surface area contributed by atoms with Crippen LogP contribution in [0.1, 0.15) is 48.3 Å². The molecule has 1 N–H and O–H groups in total. The number of carbonyl (C=O) groups is 1. The van der Waals surface area contributed by atoms with Crippen LogP contribution in [0.2, 0.25) is 0 Å². The maximum absolute atomic E-state index is 15.0. The van der Waals surface area contributed by atoms with Gasteiger partial charge in [-0.2, -0.15) is 4.39 Å². The number of pyridine rings is 1. The summed E-state index contributed by atoms with van der Waals surface area (Å²) in [4.78, 5) is 19.0. The van der Waals surface area contributed by atoms with Crippen molar-refractivity contribution in [3.8, 4) is 17.2 Å². The number of ether oxygens (including phenoxy) is 4. The first-order chi connectivity index (χ1) is 21.2. The Bertz CT molecular complexity index is 1530. The Labute approximate surface area is 255 Å². The predicted molar refractivity (Wildman–Crippen MR) is 156 cm³/mol. The monoisotopic (exact) mass is 631 g/mol. The Balaban J connectivity index is 1.18. The molecule has 1 aliphatic heterocycles. The van der Waals surface area contributed by atoms with E-state index in [0.717, 1.165) is 38.1 Å². The quantitative estimate of drug-likeness (QED) is 0.274. The van der Waals surface area contributed by atoms with E-state index in [4.69, 9.17) is 18.9 Å². The van der Waals surface area contributed by atoms with Crippen molar-refractivity contribution < 1.29 is 40.9 Å². The summed E-state index contributed by atoms with van der Waals surface area (Å²) in [6.45, 7) is 6.54. The van der Waals surface area contributed by atoms with Crippen molar-refractivity contribution >= 4 is 15.9 Å². The second-order valence-electron chi connectivity index (χ2n) is 10.6. The van der Waals surface area contributed by atoms with Gasteiger partial charge in [0.1, 0.15) is 24.2 Å². The third-order valence-corrected chi connectivity index (χ3v) is 8.69. The van der Waals surface area contributed by atoms with Gasteiger partial charge in [0, 0.05) is 19.6 Å². The molecular weight excluding hydrogens is 596 g/mol. The van der Waals surface area contributed by atoms with Crippen LogP contribution >= 0.6 is 0 Å². The third-order valence-electron chi connectivity index (χ3n) is 7.34. The summed E-state index contributed by atoms with van der Waals surface area (Å²) < 4.78 is 79.8. The van der Waals surface area contributed by atoms with Crippen molar-refractivity contribution in [2.45, 2.75) is 37.2 Å². The molecule has 5 rings (SSSR count). The molecule has 0 radical (unpaired) electrons. The van der Waals surface area contributed by atoms with Gasteiger partial charge in [-0.05, 0) is 73.7 Å². The first-order valence-corrected chi connectivity index (χ1v) is 16.1. The molecule has 0 bridgehead atoms. The minimum absolute atomic E-state index is 0.241. The average molecular weight is 632 g/mol. The number of nitrogens with zero attached hydrogens (tertiary/aromatic N) is 2. The van der Waals surface area contributed by atoms with E-state index in [1.165, 1.54) is 24.3 Å². The zero-order chi connectivity index (χ0) is 31.1. The summed E-state index contributed by atoms with van der Waals surface area (Å²) in [6, 6.07) is 10.9. The van der Waals surface area contributed by atoms with E-state index < -0.39 is 45.0 Å². The number of halogens is 2. The van der Waals surface area contributed by atoms with Crippen LogP contribution in [0.25, 0.3) is 0 Å². The molecule has 1 amide bonds. The number of carbonyl (C=O) groups excluding carboxylic acids is 1. The lowest BCUT2D eigenvalue weighted by Gasteiger charge is -2.26. The Kier molecular flexibility index (Phi) is 10.3. The summed E-state index contributed by atoms with van der Waals surface area (Å²) >= 11 is 0. The number of nitrogens with one attached hydrogen (secondary N) is 1. The molecule has 1 saturated heterocycles. The van der Waals surface area contributed by atoms with Gasteiger partial charge >= 0.3 is 0 Å². The first kappa shape index (κ1) is 31.6. The van der Waals surface area contributed by atoms with E-state index in [1.54, 1.807) is 30.0 Å². The van der Waals surface area contributed by atoms with Crippen LogP contribution in [0, 0.1) is 17.6 Å². The van der Waals surface area contributed by atoms with Crippen molar-refractivity contribution in [3.63, 3.8) is 0 Å². The summed E-state index contributed by atoms with van der Waals surface area (Å²) in [5, 5.41) is 0. The molecule has 2 fully saturated rings. The van der Waals surface area contributed by atoms with Gasteiger partial charge in [-0.25, -0.2) is 17.5 Å². The Morgan fingerprint density at radius 2 is 1.75 bits per heavy atom. The average Bonchev–Trinajstić information content (AvgIpc) is 3.86. The lowest BCUT2D eigenvalue weighted by Crippen LogP contribution is -2.38. The van der Waals surface area contributed by atoms with Crippen LogP contribution in [0.5, 0.6) is 17.2 Å². The molecular formula is C31H35F2N3O7S. The molecule has 1 aliphatic carbocycles. The van der Waals surface area contributed by atoms with Gasteiger partial charge in [0.05, 0.1) is 42.2 Å². The first-order valence-electron chi connectivity index (χ1n) is 14.6. The second kappa shape index (κ2) is 14.3. The standard InChI is InChI=1S/C31H35F2N3O7S/c1-2-27(26-11-7-23(19-34-26)42-20-21-3-4-21)43-28-12-10-25(29(32)30(28)33)31(37)35-44(38,39)24-8-5-22(6-9-24)41-18-15-36-13-16-40-17-14-36/h5-12,19,21,27H,2-4,13-18,20H2,1H3,(H,35,37)/t27-/m1/s1. The fraction of sp³-hybridized carbons (Fsp3) is 0.419. The van der Waals surface area contributed by atoms with Gasteiger partial charge in [-0.3, -0.25) is 14.7 Å². The number of hydrogen-bond acceptors (Lipinski definition) is 9. The summed E-state index contributed by atoms with van der Waals surface area (Å²) in [5.74, 6) is -3.06. The van der Waals surface area contributed by atoms with E-state index in [9.17, 15) is 17.6 Å². The van der Waals surface area contributed by atoms with Crippen molar-refractivity contribution in [3.05, 3.63) is 77.6 Å². The van der Waals surface area contributed by atoms with Gasteiger partial charge in [0.15, 0.2) is 11.6 Å². The maximum Gasteiger partial charge on any atom is 0.268 e. The number of morpholine rings is 1. The van der Waals surface area contributed by atoms with E-state index in [1.807, 2.05) is 0 Å². The Morgan fingerprint density at radius 1 is 1.02 bits per heavy atom. The van der Waals surface area contributed by atoms with Crippen LogP contribution in [-0.4, -0.2) is 70.3 Å². The zero-order valence-corrected chi connectivity index (χ0v) is 25.2. The highest BCUT2D eigenvalue weighted by Crippen LogP contribution is 2.31. The van der Waals surface area contributed by atoms with Crippen LogP contribution in [0.4, 0.5) is 8.78 Å². The maximum atomic E-state index is 15.0. The molecule has 44 heavy (non-hydrogen) atoms. The van der Waals surface area contributed by atoms with Crippen LogP contribution < -0.4 is 18.9 Å². The number of rotatable bonds is 14. The summed E-state index contributed by atoms with van der Waals surface area (Å²) in [5.41, 5.74) is -0.294. The highest BCUT2D eigenvalue weighted by atomic mass is 32.2. The molecule has 0 unspecified atom stereocenters. The molecule has 13 heteroatoms. The number of amides is 1. The Morgan fingerprint density at radius 3 is 2.41 bits per heavy atom. The van der Waals surface area contributed by atoms with Crippen molar-refractivity contribution in [1.82, 2.24) is 14.6 Å². The molecule has 2 heterocycles. The van der Waals surface area contributed by atoms with Crippen molar-refractivity contribution in [2.75, 3.05) is 46.1 Å². The van der Waals surface area contributed by atoms with Gasteiger partial charge in [-0.1, -0.05) is 6.92 Å². The molecule has 1 atom stereocenters. The van der Waals surface area contributed by atoms with Crippen molar-refractivity contribution in [2.24, 2.45) is 5.92 Å². The molecule has 1 aromatic heterocycles. The highest BCUT2D eigenvalue weighted by molar-refractivity contribution is 7.90. The third kappa shape index (κ3) is 8.21. The molecule has 3 aromatic rings. The number of aromatic nitrogens is 1. The van der Waals surface area contributed by atoms with E-state index in [2.05, 4.69) is 9.88 Å². The van der Waals surface area contributed by atoms with E-state index in [-0.39, 0.29) is 4.90 Å². The molecule has 10 nitrogen and oxygen atoms in total. The largest absolute Gasteiger partial charge is 0.492 e. The second-order valence-corrected chi connectivity index (χ2v) is 12.3. The summed E-state index contributed by atoms with van der Waals surface area (Å²) in [6.07, 6.45) is 3.58. The fourth-order valence-electron chi connectivity index (χ4n) is 4.54. The number of benzene rings is 2. The fourth-order valence-corrected chi connectivity index (χ4v) is 5.50. The van der Waals surface area contributed by atoms with Gasteiger partial charge < -0.3 is 18.9 Å². The topological polar surface area (TPSA) is 116 Å². The number of sulfonamides is 1. The minimum Gasteiger partial charge on any atom is -0.492 e. The molecule has 2 aromatic carbocycles. The van der Waals surface area contributed by atoms with Crippen LogP contribution in [0.3, 0.4) is 0 Å². The van der Waals surface area contributed by atoms with Crippen LogP contribution in [0.15, 0.2) is 59.6 Å². The van der Waals surface area contributed by atoms with Gasteiger partial charge in [-0.15, -0.1) is 0 Å². The lowest BCUT2D eigenvalue weighted by atomic mass is 10.1. The normalized spacial score (nSPS) is 16.2. The number of hydrogen-bond donors (Lipinski definition) is 1. The van der Waals surface area contributed by atoms with E-state index in [0.29, 0.717) is 62.5 Å². The summed E-state index contributed by atoms with van der Waals surface area (Å²) in [7, 11) is -4.39. The minimum atomic E-state index is -4.39. The molecule has 236 valence electrons. The van der Waals surface area contributed by atoms with Crippen molar-refractivity contribution in [1.29, 1.82) is 0 Å².